The van der Waals surface area contributed by atoms with Crippen molar-refractivity contribution >= 4 is 51.7 Å². The van der Waals surface area contributed by atoms with E-state index in [-0.39, 0.29) is 18.2 Å². The minimum absolute atomic E-state index is 0.109. The molecule has 1 saturated heterocycles. The summed E-state index contributed by atoms with van der Waals surface area (Å²) in [5.41, 5.74) is 2.24. The summed E-state index contributed by atoms with van der Waals surface area (Å²) in [4.78, 5) is 31.2. The highest BCUT2D eigenvalue weighted by molar-refractivity contribution is 8.15. The quantitative estimate of drug-likeness (QED) is 0.677. The topological polar surface area (TPSA) is 71.0 Å². The molecular formula is C22H24ClN3O3S. The molecule has 1 N–H and O–H groups in total. The zero-order valence-corrected chi connectivity index (χ0v) is 18.7. The Morgan fingerprint density at radius 2 is 2.03 bits per heavy atom. The number of nitrogens with one attached hydrogen (secondary N) is 1. The summed E-state index contributed by atoms with van der Waals surface area (Å²) in [6.45, 7) is 4.60. The Bertz CT molecular complexity index is 963. The number of carbonyl (C=O) groups is 2. The fourth-order valence-corrected chi connectivity index (χ4v) is 3.98. The van der Waals surface area contributed by atoms with Crippen molar-refractivity contribution in [1.29, 1.82) is 0 Å². The van der Waals surface area contributed by atoms with E-state index in [1.54, 1.807) is 25.2 Å². The van der Waals surface area contributed by atoms with Crippen molar-refractivity contribution in [2.45, 2.75) is 31.9 Å². The molecule has 8 heteroatoms. The Morgan fingerprint density at radius 3 is 2.70 bits per heavy atom. The van der Waals surface area contributed by atoms with E-state index in [1.165, 1.54) is 16.7 Å². The van der Waals surface area contributed by atoms with Crippen molar-refractivity contribution in [2.24, 2.45) is 4.99 Å². The van der Waals surface area contributed by atoms with Crippen LogP contribution in [0.1, 0.15) is 25.3 Å². The molecule has 1 atom stereocenters. The number of thioether (sulfide) groups is 1. The standard InChI is InChI=1S/C22H24ClN3O3S/c1-4-11-29-17-9-7-15(8-10-17)24-21(28)19-13-20(27)26(3)22(30-19)25-16-6-5-14(2)18(23)12-16/h5-10,12,19H,4,11,13H2,1-3H3,(H,24,28). The van der Waals surface area contributed by atoms with Crippen LogP contribution in [0, 0.1) is 6.92 Å². The number of benzene rings is 2. The van der Waals surface area contributed by atoms with Gasteiger partial charge in [0.25, 0.3) is 0 Å². The minimum atomic E-state index is -0.565. The molecule has 0 spiro atoms. The molecule has 0 saturated carbocycles. The number of hydrogen-bond donors (Lipinski definition) is 1. The van der Waals surface area contributed by atoms with Crippen LogP contribution in [0.2, 0.25) is 5.02 Å². The number of aliphatic imine (C=N–C) groups is 1. The maximum absolute atomic E-state index is 12.8. The van der Waals surface area contributed by atoms with Crippen molar-refractivity contribution in [1.82, 2.24) is 4.90 Å². The monoisotopic (exact) mass is 445 g/mol. The van der Waals surface area contributed by atoms with Crippen LogP contribution < -0.4 is 10.1 Å². The highest BCUT2D eigenvalue weighted by atomic mass is 35.5. The highest BCUT2D eigenvalue weighted by Gasteiger charge is 2.34. The first kappa shape index (κ1) is 22.2. The van der Waals surface area contributed by atoms with Gasteiger partial charge in [-0.05, 0) is 55.3 Å². The van der Waals surface area contributed by atoms with E-state index in [0.717, 1.165) is 17.7 Å². The lowest BCUT2D eigenvalue weighted by molar-refractivity contribution is -0.128. The molecule has 1 aliphatic rings. The summed E-state index contributed by atoms with van der Waals surface area (Å²) in [6, 6.07) is 12.6. The van der Waals surface area contributed by atoms with Gasteiger partial charge in [-0.25, -0.2) is 4.99 Å². The number of nitrogens with zero attached hydrogens (tertiary/aromatic N) is 2. The second kappa shape index (κ2) is 10.00. The molecule has 1 unspecified atom stereocenters. The SMILES string of the molecule is CCCOc1ccc(NC(=O)C2CC(=O)N(C)C(=Nc3ccc(C)c(Cl)c3)S2)cc1. The Hall–Kier alpha value is -2.51. The van der Waals surface area contributed by atoms with Crippen LogP contribution in [-0.4, -0.2) is 40.8 Å². The van der Waals surface area contributed by atoms with Crippen LogP contribution in [0.4, 0.5) is 11.4 Å². The Balaban J connectivity index is 1.71. The number of rotatable bonds is 6. The summed E-state index contributed by atoms with van der Waals surface area (Å²) in [5.74, 6) is 0.359. The molecule has 1 heterocycles. The molecule has 1 fully saturated rings. The molecule has 2 aromatic carbocycles. The van der Waals surface area contributed by atoms with Crippen molar-refractivity contribution in [3.63, 3.8) is 0 Å². The molecule has 3 rings (SSSR count). The lowest BCUT2D eigenvalue weighted by atomic mass is 10.2. The molecule has 2 aromatic rings. The predicted molar refractivity (Wildman–Crippen MR) is 123 cm³/mol. The van der Waals surface area contributed by atoms with Gasteiger partial charge in [-0.15, -0.1) is 0 Å². The fourth-order valence-electron chi connectivity index (χ4n) is 2.74. The van der Waals surface area contributed by atoms with Gasteiger partial charge in [-0.1, -0.05) is 36.4 Å². The van der Waals surface area contributed by atoms with Crippen molar-refractivity contribution in [3.05, 3.63) is 53.1 Å². The lowest BCUT2D eigenvalue weighted by Gasteiger charge is -2.28. The normalized spacial score (nSPS) is 17.9. The van der Waals surface area contributed by atoms with E-state index in [9.17, 15) is 9.59 Å². The van der Waals surface area contributed by atoms with Gasteiger partial charge < -0.3 is 10.1 Å². The largest absolute Gasteiger partial charge is 0.494 e. The maximum Gasteiger partial charge on any atom is 0.238 e. The highest BCUT2D eigenvalue weighted by Crippen LogP contribution is 2.30. The number of amides is 2. The van der Waals surface area contributed by atoms with Gasteiger partial charge in [0.05, 0.1) is 12.3 Å². The molecule has 158 valence electrons. The van der Waals surface area contributed by atoms with Crippen molar-refractivity contribution < 1.29 is 14.3 Å². The average molecular weight is 446 g/mol. The van der Waals surface area contributed by atoms with Gasteiger partial charge in [0, 0.05) is 24.2 Å². The molecule has 0 aliphatic carbocycles. The molecule has 0 aromatic heterocycles. The van der Waals surface area contributed by atoms with Gasteiger partial charge >= 0.3 is 0 Å². The summed E-state index contributed by atoms with van der Waals surface area (Å²) >= 11 is 7.44. The minimum Gasteiger partial charge on any atom is -0.494 e. The molecule has 0 radical (unpaired) electrons. The summed E-state index contributed by atoms with van der Waals surface area (Å²) in [7, 11) is 1.66. The third-order valence-corrected chi connectivity index (χ3v) is 6.18. The summed E-state index contributed by atoms with van der Waals surface area (Å²) < 4.78 is 5.55. The van der Waals surface area contributed by atoms with E-state index in [4.69, 9.17) is 16.3 Å². The van der Waals surface area contributed by atoms with Crippen LogP contribution in [0.25, 0.3) is 0 Å². The van der Waals surface area contributed by atoms with Crippen LogP contribution in [0.15, 0.2) is 47.5 Å². The second-order valence-corrected chi connectivity index (χ2v) is 8.53. The number of amidine groups is 1. The average Bonchev–Trinajstić information content (AvgIpc) is 2.73. The number of aryl methyl sites for hydroxylation is 1. The number of ether oxygens (including phenoxy) is 1. The molecule has 0 bridgehead atoms. The van der Waals surface area contributed by atoms with E-state index in [1.807, 2.05) is 38.1 Å². The van der Waals surface area contributed by atoms with Crippen molar-refractivity contribution in [2.75, 3.05) is 19.0 Å². The van der Waals surface area contributed by atoms with Crippen molar-refractivity contribution in [3.8, 4) is 5.75 Å². The number of carbonyl (C=O) groups excluding carboxylic acids is 2. The van der Waals surface area contributed by atoms with Gasteiger partial charge in [0.2, 0.25) is 11.8 Å². The first-order chi connectivity index (χ1) is 14.4. The molecular weight excluding hydrogens is 422 g/mol. The van der Waals surface area contributed by atoms with Crippen LogP contribution in [0.3, 0.4) is 0 Å². The third-order valence-electron chi connectivity index (χ3n) is 4.54. The van der Waals surface area contributed by atoms with Gasteiger partial charge in [0.15, 0.2) is 5.17 Å². The molecule has 6 nitrogen and oxygen atoms in total. The van der Waals surface area contributed by atoms with Gasteiger partial charge in [-0.3, -0.25) is 14.5 Å². The smallest absolute Gasteiger partial charge is 0.238 e. The van der Waals surface area contributed by atoms with Crippen LogP contribution in [0.5, 0.6) is 5.75 Å². The van der Waals surface area contributed by atoms with E-state index in [2.05, 4.69) is 10.3 Å². The molecule has 30 heavy (non-hydrogen) atoms. The lowest BCUT2D eigenvalue weighted by Crippen LogP contribution is -2.43. The van der Waals surface area contributed by atoms with Gasteiger partial charge in [-0.2, -0.15) is 0 Å². The number of hydrogen-bond acceptors (Lipinski definition) is 5. The van der Waals surface area contributed by atoms with Crippen LogP contribution >= 0.6 is 23.4 Å². The number of anilines is 1. The second-order valence-electron chi connectivity index (χ2n) is 6.95. The van der Waals surface area contributed by atoms with Crippen LogP contribution in [-0.2, 0) is 9.59 Å². The fraction of sp³-hybridized carbons (Fsp3) is 0.318. The zero-order valence-electron chi connectivity index (χ0n) is 17.1. The Labute approximate surface area is 185 Å². The van der Waals surface area contributed by atoms with E-state index < -0.39 is 5.25 Å². The summed E-state index contributed by atoms with van der Waals surface area (Å²) in [6.07, 6.45) is 1.04. The van der Waals surface area contributed by atoms with E-state index >= 15 is 0 Å². The van der Waals surface area contributed by atoms with Gasteiger partial charge in [0.1, 0.15) is 11.0 Å². The molecule has 2 amide bonds. The maximum atomic E-state index is 12.8. The third kappa shape index (κ3) is 5.55. The summed E-state index contributed by atoms with van der Waals surface area (Å²) in [5, 5.41) is 3.38. The first-order valence-electron chi connectivity index (χ1n) is 9.69. The molecule has 1 aliphatic heterocycles. The predicted octanol–water partition coefficient (Wildman–Crippen LogP) is 5.03. The number of halogens is 1. The van der Waals surface area contributed by atoms with E-state index in [0.29, 0.717) is 28.2 Å². The zero-order chi connectivity index (χ0) is 21.7. The first-order valence-corrected chi connectivity index (χ1v) is 10.9. The Morgan fingerprint density at radius 1 is 1.30 bits per heavy atom. The Kier molecular flexibility index (Phi) is 7.39.